The van der Waals surface area contributed by atoms with Crippen LogP contribution in [-0.2, 0) is 6.42 Å². The van der Waals surface area contributed by atoms with Crippen molar-refractivity contribution in [2.24, 2.45) is 0 Å². The van der Waals surface area contributed by atoms with E-state index in [1.165, 1.54) is 0 Å². The van der Waals surface area contributed by atoms with Crippen LogP contribution in [0.3, 0.4) is 0 Å². The summed E-state index contributed by atoms with van der Waals surface area (Å²) in [6.45, 7) is 4.02. The molecule has 0 saturated heterocycles. The van der Waals surface area contributed by atoms with Crippen molar-refractivity contribution in [2.45, 2.75) is 20.3 Å². The summed E-state index contributed by atoms with van der Waals surface area (Å²) in [7, 11) is 0. The van der Waals surface area contributed by atoms with Gasteiger partial charge in [-0.15, -0.1) is 11.3 Å². The first-order valence-corrected chi connectivity index (χ1v) is 5.65. The monoisotopic (exact) mass is 219 g/mol. The lowest BCUT2D eigenvalue weighted by Gasteiger charge is -2.03. The van der Waals surface area contributed by atoms with Crippen molar-refractivity contribution >= 4 is 17.2 Å². The van der Waals surface area contributed by atoms with Crippen molar-refractivity contribution in [2.75, 3.05) is 5.73 Å². The Morgan fingerprint density at radius 2 is 2.20 bits per heavy atom. The zero-order valence-electron chi connectivity index (χ0n) is 8.82. The summed E-state index contributed by atoms with van der Waals surface area (Å²) in [6, 6.07) is 2.07. The molecule has 0 aliphatic carbocycles. The maximum atomic E-state index is 5.81. The van der Waals surface area contributed by atoms with E-state index in [4.69, 9.17) is 5.73 Å². The van der Waals surface area contributed by atoms with Gasteiger partial charge in [0.25, 0.3) is 0 Å². The highest BCUT2D eigenvalue weighted by atomic mass is 32.1. The number of nitrogen functional groups attached to an aromatic ring is 1. The summed E-state index contributed by atoms with van der Waals surface area (Å²) in [5, 5.41) is 3.15. The van der Waals surface area contributed by atoms with Gasteiger partial charge in [0.15, 0.2) is 0 Å². The molecule has 0 radical (unpaired) electrons. The van der Waals surface area contributed by atoms with Crippen molar-refractivity contribution in [1.29, 1.82) is 0 Å². The molecule has 2 rings (SSSR count). The van der Waals surface area contributed by atoms with Gasteiger partial charge in [-0.3, -0.25) is 0 Å². The first kappa shape index (κ1) is 10.1. The molecule has 0 spiro atoms. The number of aryl methyl sites for hydroxylation is 2. The number of pyridine rings is 1. The van der Waals surface area contributed by atoms with Crippen LogP contribution >= 0.6 is 11.3 Å². The Labute approximate surface area is 93.0 Å². The zero-order chi connectivity index (χ0) is 10.8. The minimum atomic E-state index is 0.603. The Morgan fingerprint density at radius 1 is 1.40 bits per heavy atom. The number of rotatable bonds is 2. The number of aromatic nitrogens is 2. The zero-order valence-corrected chi connectivity index (χ0v) is 9.64. The molecule has 0 aliphatic heterocycles. The molecule has 0 fully saturated rings. The summed E-state index contributed by atoms with van der Waals surface area (Å²) < 4.78 is 0. The van der Waals surface area contributed by atoms with Gasteiger partial charge < -0.3 is 5.73 Å². The molecule has 2 heterocycles. The Hall–Kier alpha value is -1.42. The smallest absolute Gasteiger partial charge is 0.126 e. The lowest BCUT2D eigenvalue weighted by atomic mass is 10.1. The van der Waals surface area contributed by atoms with Crippen LogP contribution in [0, 0.1) is 13.8 Å². The van der Waals surface area contributed by atoms with E-state index in [1.807, 2.05) is 13.8 Å². The van der Waals surface area contributed by atoms with E-state index < -0.39 is 0 Å². The average molecular weight is 219 g/mol. The topological polar surface area (TPSA) is 51.8 Å². The molecule has 78 valence electrons. The van der Waals surface area contributed by atoms with E-state index in [9.17, 15) is 0 Å². The maximum absolute atomic E-state index is 5.81. The third-order valence-corrected chi connectivity index (χ3v) is 3.00. The van der Waals surface area contributed by atoms with E-state index in [0.29, 0.717) is 5.82 Å². The van der Waals surface area contributed by atoms with Crippen LogP contribution < -0.4 is 5.73 Å². The summed E-state index contributed by atoms with van der Waals surface area (Å²) in [4.78, 5) is 8.55. The summed E-state index contributed by atoms with van der Waals surface area (Å²) in [6.07, 6.45) is 2.55. The van der Waals surface area contributed by atoms with Gasteiger partial charge in [0, 0.05) is 23.6 Å². The summed E-state index contributed by atoms with van der Waals surface area (Å²) in [5.74, 6) is 0.603. The van der Waals surface area contributed by atoms with Gasteiger partial charge in [-0.2, -0.15) is 0 Å². The van der Waals surface area contributed by atoms with Gasteiger partial charge >= 0.3 is 0 Å². The van der Waals surface area contributed by atoms with Crippen molar-refractivity contribution in [3.05, 3.63) is 39.5 Å². The predicted molar refractivity (Wildman–Crippen MR) is 63.0 cm³/mol. The normalized spacial score (nSPS) is 10.5. The Bertz CT molecular complexity index is 476. The van der Waals surface area contributed by atoms with Crippen LogP contribution in [0.5, 0.6) is 0 Å². The highest BCUT2D eigenvalue weighted by molar-refractivity contribution is 7.09. The third-order valence-electron chi connectivity index (χ3n) is 2.18. The molecule has 0 aromatic carbocycles. The van der Waals surface area contributed by atoms with E-state index in [1.54, 1.807) is 17.5 Å². The van der Waals surface area contributed by atoms with Crippen molar-refractivity contribution in [1.82, 2.24) is 9.97 Å². The van der Waals surface area contributed by atoms with Crippen molar-refractivity contribution in [3.8, 4) is 0 Å². The fraction of sp³-hybridized carbons (Fsp3) is 0.273. The Balaban J connectivity index is 2.27. The number of nitrogens with two attached hydrogens (primary N) is 1. The van der Waals surface area contributed by atoms with Crippen LogP contribution in [-0.4, -0.2) is 9.97 Å². The second kappa shape index (κ2) is 3.98. The highest BCUT2D eigenvalue weighted by Gasteiger charge is 2.05. The van der Waals surface area contributed by atoms with E-state index >= 15 is 0 Å². The van der Waals surface area contributed by atoms with Crippen molar-refractivity contribution in [3.63, 3.8) is 0 Å². The Kier molecular flexibility index (Phi) is 2.68. The fourth-order valence-electron chi connectivity index (χ4n) is 1.47. The lowest BCUT2D eigenvalue weighted by molar-refractivity contribution is 1.06. The second-order valence-corrected chi connectivity index (χ2v) is 4.65. The molecule has 2 N–H and O–H groups in total. The van der Waals surface area contributed by atoms with Crippen LogP contribution in [0.2, 0.25) is 0 Å². The predicted octanol–water partition coefficient (Wildman–Crippen LogP) is 2.33. The lowest BCUT2D eigenvalue weighted by Crippen LogP contribution is -1.99. The molecular formula is C11H13N3S. The number of nitrogens with zero attached hydrogens (tertiary/aromatic N) is 2. The number of thiazole rings is 1. The SMILES string of the molecule is Cc1cnc(N)c(Cc2csc(C)n2)c1. The first-order chi connectivity index (χ1) is 7.15. The largest absolute Gasteiger partial charge is 0.383 e. The van der Waals surface area contributed by atoms with Gasteiger partial charge in [0.2, 0.25) is 0 Å². The molecule has 3 nitrogen and oxygen atoms in total. The van der Waals surface area contributed by atoms with Gasteiger partial charge in [0.05, 0.1) is 10.7 Å². The van der Waals surface area contributed by atoms with Crippen molar-refractivity contribution < 1.29 is 0 Å². The molecular weight excluding hydrogens is 206 g/mol. The molecule has 15 heavy (non-hydrogen) atoms. The molecule has 4 heteroatoms. The third kappa shape index (κ3) is 2.33. The molecule has 0 unspecified atom stereocenters. The van der Waals surface area contributed by atoms with Gasteiger partial charge in [0.1, 0.15) is 5.82 Å². The minimum Gasteiger partial charge on any atom is -0.383 e. The van der Waals surface area contributed by atoms with Gasteiger partial charge in [-0.25, -0.2) is 9.97 Å². The molecule has 0 atom stereocenters. The van der Waals surface area contributed by atoms with Crippen LogP contribution in [0.25, 0.3) is 0 Å². The molecule has 2 aromatic heterocycles. The number of anilines is 1. The van der Waals surface area contributed by atoms with Crippen LogP contribution in [0.1, 0.15) is 21.8 Å². The van der Waals surface area contributed by atoms with Gasteiger partial charge in [-0.1, -0.05) is 6.07 Å². The second-order valence-electron chi connectivity index (χ2n) is 3.59. The molecule has 2 aromatic rings. The Morgan fingerprint density at radius 3 is 2.87 bits per heavy atom. The molecule has 0 bridgehead atoms. The van der Waals surface area contributed by atoms with Gasteiger partial charge in [-0.05, 0) is 19.4 Å². The first-order valence-electron chi connectivity index (χ1n) is 4.77. The quantitative estimate of drug-likeness (QED) is 0.843. The number of hydrogen-bond acceptors (Lipinski definition) is 4. The molecule has 0 aliphatic rings. The summed E-state index contributed by atoms with van der Waals surface area (Å²) >= 11 is 1.66. The molecule has 0 amide bonds. The van der Waals surface area contributed by atoms with E-state index in [-0.39, 0.29) is 0 Å². The average Bonchev–Trinajstić information content (AvgIpc) is 2.58. The molecule has 0 saturated carbocycles. The fourth-order valence-corrected chi connectivity index (χ4v) is 2.08. The standard InChI is InChI=1S/C11H13N3S/c1-7-3-9(11(12)13-5-7)4-10-6-15-8(2)14-10/h3,5-6H,4H2,1-2H3,(H2,12,13). The van der Waals surface area contributed by atoms with Crippen LogP contribution in [0.15, 0.2) is 17.6 Å². The van der Waals surface area contributed by atoms with E-state index in [2.05, 4.69) is 21.4 Å². The van der Waals surface area contributed by atoms with Crippen LogP contribution in [0.4, 0.5) is 5.82 Å². The summed E-state index contributed by atoms with van der Waals surface area (Å²) in [5.41, 5.74) is 9.06. The highest BCUT2D eigenvalue weighted by Crippen LogP contribution is 2.17. The van der Waals surface area contributed by atoms with E-state index in [0.717, 1.165) is 28.2 Å². The number of hydrogen-bond donors (Lipinski definition) is 1. The minimum absolute atomic E-state index is 0.603. The maximum Gasteiger partial charge on any atom is 0.126 e.